The molecule has 0 atom stereocenters. The van der Waals surface area contributed by atoms with Crippen molar-refractivity contribution < 1.29 is 4.79 Å². The monoisotopic (exact) mass is 357 g/mol. The van der Waals surface area contributed by atoms with Crippen molar-refractivity contribution in [3.63, 3.8) is 0 Å². The Hall–Kier alpha value is -1.88. The Bertz CT molecular complexity index is 681. The van der Waals surface area contributed by atoms with Gasteiger partial charge in [-0.05, 0) is 63.8 Å². The molecule has 134 valence electrons. The Labute approximate surface area is 154 Å². The summed E-state index contributed by atoms with van der Waals surface area (Å²) < 4.78 is 0. The predicted octanol–water partition coefficient (Wildman–Crippen LogP) is 4.44. The Balaban J connectivity index is 1.51. The van der Waals surface area contributed by atoms with Gasteiger partial charge in [0.1, 0.15) is 0 Å². The van der Waals surface area contributed by atoms with Gasteiger partial charge >= 0.3 is 0 Å². The number of hydrogen-bond donors (Lipinski definition) is 1. The molecule has 4 nitrogen and oxygen atoms in total. The van der Waals surface area contributed by atoms with Crippen molar-refractivity contribution in [2.45, 2.75) is 52.4 Å². The van der Waals surface area contributed by atoms with E-state index >= 15 is 0 Å². The molecule has 5 heteroatoms. The average Bonchev–Trinajstić information content (AvgIpc) is 3.05. The molecule has 0 unspecified atom stereocenters. The topological polar surface area (TPSA) is 45.2 Å². The van der Waals surface area contributed by atoms with Crippen LogP contribution in [0.4, 0.5) is 11.4 Å². The summed E-state index contributed by atoms with van der Waals surface area (Å²) in [6.07, 6.45) is 6.03. The lowest BCUT2D eigenvalue weighted by Gasteiger charge is -2.21. The lowest BCUT2D eigenvalue weighted by Crippen LogP contribution is -2.21. The van der Waals surface area contributed by atoms with Crippen LogP contribution in [0.2, 0.25) is 0 Å². The molecule has 1 aliphatic carbocycles. The van der Waals surface area contributed by atoms with Crippen LogP contribution in [-0.4, -0.2) is 24.0 Å². The second-order valence-corrected chi connectivity index (χ2v) is 7.62. The van der Waals surface area contributed by atoms with Gasteiger partial charge in [0.25, 0.3) is 0 Å². The fourth-order valence-electron chi connectivity index (χ4n) is 3.30. The van der Waals surface area contributed by atoms with Crippen LogP contribution in [0.3, 0.4) is 0 Å². The Morgan fingerprint density at radius 2 is 1.88 bits per heavy atom. The van der Waals surface area contributed by atoms with Gasteiger partial charge in [0.05, 0.1) is 10.7 Å². The van der Waals surface area contributed by atoms with E-state index in [0.717, 1.165) is 43.0 Å². The lowest BCUT2D eigenvalue weighted by atomic mass is 10.0. The summed E-state index contributed by atoms with van der Waals surface area (Å²) in [5.74, 6) is 0.0590. The fourth-order valence-corrected chi connectivity index (χ4v) is 4.46. The molecule has 1 heterocycles. The van der Waals surface area contributed by atoms with Crippen LogP contribution in [-0.2, 0) is 24.1 Å². The van der Waals surface area contributed by atoms with Crippen LogP contribution < -0.4 is 10.2 Å². The van der Waals surface area contributed by atoms with Crippen LogP contribution >= 0.6 is 11.3 Å². The van der Waals surface area contributed by atoms with Crippen molar-refractivity contribution in [2.75, 3.05) is 23.3 Å². The van der Waals surface area contributed by atoms with Crippen molar-refractivity contribution in [1.29, 1.82) is 0 Å². The molecule has 0 fully saturated rings. The van der Waals surface area contributed by atoms with E-state index in [0.29, 0.717) is 6.42 Å². The maximum absolute atomic E-state index is 12.2. The molecule has 3 rings (SSSR count). The van der Waals surface area contributed by atoms with Crippen molar-refractivity contribution in [3.8, 4) is 0 Å². The van der Waals surface area contributed by atoms with Gasteiger partial charge in [-0.15, -0.1) is 11.3 Å². The highest BCUT2D eigenvalue weighted by Gasteiger charge is 2.15. The largest absolute Gasteiger partial charge is 0.372 e. The van der Waals surface area contributed by atoms with E-state index in [9.17, 15) is 4.79 Å². The van der Waals surface area contributed by atoms with Gasteiger partial charge in [-0.2, -0.15) is 0 Å². The summed E-state index contributed by atoms with van der Waals surface area (Å²) >= 11 is 1.80. The number of aromatic nitrogens is 1. The summed E-state index contributed by atoms with van der Waals surface area (Å²) in [5, 5.41) is 4.11. The zero-order chi connectivity index (χ0) is 17.6. The zero-order valence-corrected chi connectivity index (χ0v) is 16.0. The van der Waals surface area contributed by atoms with E-state index in [1.54, 1.807) is 11.3 Å². The van der Waals surface area contributed by atoms with E-state index in [2.05, 4.69) is 36.2 Å². The summed E-state index contributed by atoms with van der Waals surface area (Å²) in [4.78, 5) is 20.7. The van der Waals surface area contributed by atoms with Gasteiger partial charge in [-0.1, -0.05) is 0 Å². The van der Waals surface area contributed by atoms with Crippen LogP contribution in [0.1, 0.15) is 48.7 Å². The van der Waals surface area contributed by atoms with Crippen LogP contribution in [0.5, 0.6) is 0 Å². The molecule has 1 aromatic carbocycles. The first-order valence-corrected chi connectivity index (χ1v) is 10.1. The first-order valence-electron chi connectivity index (χ1n) is 9.32. The second-order valence-electron chi connectivity index (χ2n) is 6.45. The third-order valence-corrected chi connectivity index (χ3v) is 5.95. The number of thiazole rings is 1. The highest BCUT2D eigenvalue weighted by molar-refractivity contribution is 7.11. The quantitative estimate of drug-likeness (QED) is 0.797. The normalized spacial score (nSPS) is 13.4. The number of benzene rings is 1. The number of rotatable bonds is 7. The molecule has 0 saturated carbocycles. The maximum atomic E-state index is 12.2. The summed E-state index contributed by atoms with van der Waals surface area (Å²) in [7, 11) is 0. The average molecular weight is 358 g/mol. The molecule has 0 saturated heterocycles. The minimum absolute atomic E-state index is 0.0590. The number of anilines is 2. The number of aryl methyl sites for hydroxylation is 3. The molecular weight excluding hydrogens is 330 g/mol. The highest BCUT2D eigenvalue weighted by Crippen LogP contribution is 2.27. The van der Waals surface area contributed by atoms with E-state index < -0.39 is 0 Å². The first-order chi connectivity index (χ1) is 12.2. The molecule has 0 spiro atoms. The van der Waals surface area contributed by atoms with E-state index in [-0.39, 0.29) is 5.91 Å². The number of carbonyl (C=O) groups is 1. The van der Waals surface area contributed by atoms with Crippen LogP contribution in [0, 0.1) is 0 Å². The maximum Gasteiger partial charge on any atom is 0.224 e. The Morgan fingerprint density at radius 3 is 2.56 bits per heavy atom. The lowest BCUT2D eigenvalue weighted by molar-refractivity contribution is -0.116. The summed E-state index contributed by atoms with van der Waals surface area (Å²) in [6, 6.07) is 8.09. The molecule has 1 aromatic heterocycles. The molecule has 1 N–H and O–H groups in total. The Kier molecular flexibility index (Phi) is 6.08. The second kappa shape index (κ2) is 8.48. The smallest absolute Gasteiger partial charge is 0.224 e. The number of nitrogens with one attached hydrogen (secondary N) is 1. The highest BCUT2D eigenvalue weighted by atomic mass is 32.1. The Morgan fingerprint density at radius 1 is 1.16 bits per heavy atom. The van der Waals surface area contributed by atoms with Gasteiger partial charge in [-0.3, -0.25) is 4.79 Å². The van der Waals surface area contributed by atoms with Gasteiger partial charge in [0.2, 0.25) is 5.91 Å². The fraction of sp³-hybridized carbons (Fsp3) is 0.500. The van der Waals surface area contributed by atoms with Crippen molar-refractivity contribution in [1.82, 2.24) is 4.98 Å². The standard InChI is InChI=1S/C20H27N3OS/c1-3-23(4-2)16-11-9-15(10-12-16)21-19(24)13-14-20-22-17-7-5-6-8-18(17)25-20/h9-12H,3-8,13-14H2,1-2H3,(H,21,24). The molecule has 0 aliphatic heterocycles. The number of fused-ring (bicyclic) bond motifs is 1. The van der Waals surface area contributed by atoms with E-state index in [1.165, 1.54) is 29.1 Å². The van der Waals surface area contributed by atoms with Gasteiger partial charge in [0.15, 0.2) is 0 Å². The van der Waals surface area contributed by atoms with Gasteiger partial charge in [0, 0.05) is 42.2 Å². The molecule has 25 heavy (non-hydrogen) atoms. The molecular formula is C20H27N3OS. The summed E-state index contributed by atoms with van der Waals surface area (Å²) in [6.45, 7) is 6.27. The van der Waals surface area contributed by atoms with Crippen LogP contribution in [0.15, 0.2) is 24.3 Å². The third kappa shape index (κ3) is 4.60. The molecule has 0 bridgehead atoms. The number of amides is 1. The number of carbonyl (C=O) groups excluding carboxylic acids is 1. The van der Waals surface area contributed by atoms with Crippen molar-refractivity contribution in [2.24, 2.45) is 0 Å². The molecule has 2 aromatic rings. The zero-order valence-electron chi connectivity index (χ0n) is 15.2. The van der Waals surface area contributed by atoms with E-state index in [4.69, 9.17) is 4.98 Å². The van der Waals surface area contributed by atoms with Gasteiger partial charge < -0.3 is 10.2 Å². The predicted molar refractivity (Wildman–Crippen MR) is 106 cm³/mol. The van der Waals surface area contributed by atoms with Crippen LogP contribution in [0.25, 0.3) is 0 Å². The molecule has 1 aliphatic rings. The minimum atomic E-state index is 0.0590. The number of nitrogens with zero attached hydrogens (tertiary/aromatic N) is 2. The SMILES string of the molecule is CCN(CC)c1ccc(NC(=O)CCc2nc3c(s2)CCCC3)cc1. The van der Waals surface area contributed by atoms with Crippen molar-refractivity contribution >= 4 is 28.6 Å². The van der Waals surface area contributed by atoms with Gasteiger partial charge in [-0.25, -0.2) is 4.98 Å². The van der Waals surface area contributed by atoms with Crippen molar-refractivity contribution in [3.05, 3.63) is 39.8 Å². The molecule has 1 amide bonds. The third-order valence-electron chi connectivity index (χ3n) is 4.74. The minimum Gasteiger partial charge on any atom is -0.372 e. The first kappa shape index (κ1) is 17.9. The van der Waals surface area contributed by atoms with E-state index in [1.807, 2.05) is 12.1 Å². The number of hydrogen-bond acceptors (Lipinski definition) is 4. The summed E-state index contributed by atoms with van der Waals surface area (Å²) in [5.41, 5.74) is 3.33. The molecule has 0 radical (unpaired) electrons.